The highest BCUT2D eigenvalue weighted by Gasteiger charge is 2.02. The van der Waals surface area contributed by atoms with Crippen molar-refractivity contribution in [3.05, 3.63) is 29.8 Å². The van der Waals surface area contributed by atoms with Gasteiger partial charge in [0.15, 0.2) is 0 Å². The van der Waals surface area contributed by atoms with E-state index in [1.807, 2.05) is 12.1 Å². The Hall–Kier alpha value is -0.690. The van der Waals surface area contributed by atoms with Crippen molar-refractivity contribution in [3.8, 4) is 5.75 Å². The second-order valence-electron chi connectivity index (χ2n) is 3.06. The molecule has 0 spiro atoms. The topological polar surface area (TPSA) is 9.23 Å². The molecule has 1 atom stereocenters. The van der Waals surface area contributed by atoms with Crippen LogP contribution in [0.4, 0.5) is 0 Å². The Morgan fingerprint density at radius 3 is 2.38 bits per heavy atom. The molecular weight excluding hydrogens is 184 g/mol. The summed E-state index contributed by atoms with van der Waals surface area (Å²) in [4.78, 5) is 0. The van der Waals surface area contributed by atoms with Crippen LogP contribution < -0.4 is 4.74 Å². The molecular formula is C11H15ClO. The van der Waals surface area contributed by atoms with Gasteiger partial charge in [0.1, 0.15) is 5.75 Å². The van der Waals surface area contributed by atoms with E-state index in [0.717, 1.165) is 18.6 Å². The van der Waals surface area contributed by atoms with E-state index < -0.39 is 0 Å². The highest BCUT2D eigenvalue weighted by Crippen LogP contribution is 2.15. The SMILES string of the molecule is CCC(Cl)Cc1ccc(OC)cc1. The van der Waals surface area contributed by atoms with E-state index in [1.54, 1.807) is 7.11 Å². The molecule has 0 saturated carbocycles. The number of methoxy groups -OCH3 is 1. The van der Waals surface area contributed by atoms with Gasteiger partial charge in [0, 0.05) is 5.38 Å². The van der Waals surface area contributed by atoms with Crippen LogP contribution in [-0.2, 0) is 6.42 Å². The van der Waals surface area contributed by atoms with Crippen molar-refractivity contribution in [2.45, 2.75) is 25.1 Å². The summed E-state index contributed by atoms with van der Waals surface area (Å²) in [5.41, 5.74) is 1.27. The van der Waals surface area contributed by atoms with Crippen LogP contribution in [0.25, 0.3) is 0 Å². The summed E-state index contributed by atoms with van der Waals surface area (Å²) in [5.74, 6) is 0.895. The third kappa shape index (κ3) is 3.27. The van der Waals surface area contributed by atoms with Gasteiger partial charge in [0.2, 0.25) is 0 Å². The van der Waals surface area contributed by atoms with E-state index in [-0.39, 0.29) is 5.38 Å². The lowest BCUT2D eigenvalue weighted by Gasteiger charge is -2.06. The summed E-state index contributed by atoms with van der Waals surface area (Å²) in [6, 6.07) is 8.05. The van der Waals surface area contributed by atoms with Crippen LogP contribution in [0.5, 0.6) is 5.75 Å². The lowest BCUT2D eigenvalue weighted by molar-refractivity contribution is 0.414. The van der Waals surface area contributed by atoms with Crippen molar-refractivity contribution >= 4 is 11.6 Å². The lowest BCUT2D eigenvalue weighted by atomic mass is 10.1. The fourth-order valence-electron chi connectivity index (χ4n) is 1.16. The van der Waals surface area contributed by atoms with Crippen molar-refractivity contribution in [2.75, 3.05) is 7.11 Å². The van der Waals surface area contributed by atoms with Gasteiger partial charge in [-0.05, 0) is 30.5 Å². The first kappa shape index (κ1) is 10.4. The predicted molar refractivity (Wildman–Crippen MR) is 56.6 cm³/mol. The highest BCUT2D eigenvalue weighted by molar-refractivity contribution is 6.20. The van der Waals surface area contributed by atoms with Gasteiger partial charge in [-0.25, -0.2) is 0 Å². The molecule has 1 nitrogen and oxygen atoms in total. The standard InChI is InChI=1S/C11H15ClO/c1-3-10(12)8-9-4-6-11(13-2)7-5-9/h4-7,10H,3,8H2,1-2H3. The average molecular weight is 199 g/mol. The second kappa shape index (κ2) is 5.13. The van der Waals surface area contributed by atoms with Crippen LogP contribution in [-0.4, -0.2) is 12.5 Å². The Bertz CT molecular complexity index is 243. The van der Waals surface area contributed by atoms with E-state index >= 15 is 0 Å². The van der Waals surface area contributed by atoms with Crippen LogP contribution in [0.1, 0.15) is 18.9 Å². The van der Waals surface area contributed by atoms with Gasteiger partial charge < -0.3 is 4.74 Å². The summed E-state index contributed by atoms with van der Waals surface area (Å²) in [6.45, 7) is 2.10. The Morgan fingerprint density at radius 1 is 1.31 bits per heavy atom. The highest BCUT2D eigenvalue weighted by atomic mass is 35.5. The molecule has 1 unspecified atom stereocenters. The van der Waals surface area contributed by atoms with Crippen molar-refractivity contribution < 1.29 is 4.74 Å². The first-order chi connectivity index (χ1) is 6.26. The molecule has 0 bridgehead atoms. The molecule has 13 heavy (non-hydrogen) atoms. The fraction of sp³-hybridized carbons (Fsp3) is 0.455. The maximum atomic E-state index is 6.04. The molecule has 0 N–H and O–H groups in total. The van der Waals surface area contributed by atoms with Gasteiger partial charge in [-0.3, -0.25) is 0 Å². The van der Waals surface area contributed by atoms with Crippen LogP contribution >= 0.6 is 11.6 Å². The Balaban J connectivity index is 2.58. The van der Waals surface area contributed by atoms with E-state index in [9.17, 15) is 0 Å². The Morgan fingerprint density at radius 2 is 1.92 bits per heavy atom. The minimum Gasteiger partial charge on any atom is -0.497 e. The van der Waals surface area contributed by atoms with E-state index in [1.165, 1.54) is 5.56 Å². The third-order valence-electron chi connectivity index (χ3n) is 2.06. The molecule has 0 amide bonds. The summed E-state index contributed by atoms with van der Waals surface area (Å²) in [6.07, 6.45) is 1.94. The van der Waals surface area contributed by atoms with E-state index in [4.69, 9.17) is 16.3 Å². The van der Waals surface area contributed by atoms with Crippen molar-refractivity contribution in [3.63, 3.8) is 0 Å². The molecule has 2 heteroatoms. The molecule has 0 saturated heterocycles. The zero-order valence-corrected chi connectivity index (χ0v) is 8.84. The molecule has 0 aromatic heterocycles. The molecule has 0 aliphatic heterocycles. The first-order valence-electron chi connectivity index (χ1n) is 4.53. The number of benzene rings is 1. The van der Waals surface area contributed by atoms with Gasteiger partial charge >= 0.3 is 0 Å². The minimum absolute atomic E-state index is 0.244. The normalized spacial score (nSPS) is 12.5. The van der Waals surface area contributed by atoms with E-state index in [0.29, 0.717) is 0 Å². The van der Waals surface area contributed by atoms with Crippen LogP contribution in [0, 0.1) is 0 Å². The lowest BCUT2D eigenvalue weighted by Crippen LogP contribution is -2.00. The number of halogens is 1. The molecule has 0 fully saturated rings. The predicted octanol–water partition coefficient (Wildman–Crippen LogP) is 3.26. The van der Waals surface area contributed by atoms with Gasteiger partial charge in [0.25, 0.3) is 0 Å². The summed E-state index contributed by atoms with van der Waals surface area (Å²) in [5, 5.41) is 0.244. The third-order valence-corrected chi connectivity index (χ3v) is 2.52. The molecule has 0 heterocycles. The Labute approximate surface area is 84.7 Å². The molecule has 1 rings (SSSR count). The van der Waals surface area contributed by atoms with Crippen LogP contribution in [0.2, 0.25) is 0 Å². The fourth-order valence-corrected chi connectivity index (χ4v) is 1.34. The van der Waals surface area contributed by atoms with Crippen molar-refractivity contribution in [1.82, 2.24) is 0 Å². The van der Waals surface area contributed by atoms with Gasteiger partial charge in [-0.2, -0.15) is 0 Å². The molecule has 1 aromatic carbocycles. The molecule has 0 radical (unpaired) electrons. The summed E-state index contributed by atoms with van der Waals surface area (Å²) < 4.78 is 5.07. The second-order valence-corrected chi connectivity index (χ2v) is 3.67. The maximum Gasteiger partial charge on any atom is 0.118 e. The van der Waals surface area contributed by atoms with Gasteiger partial charge in [0.05, 0.1) is 7.11 Å². The number of rotatable bonds is 4. The zero-order valence-electron chi connectivity index (χ0n) is 8.09. The number of hydrogen-bond donors (Lipinski definition) is 0. The van der Waals surface area contributed by atoms with Gasteiger partial charge in [-0.1, -0.05) is 19.1 Å². The minimum atomic E-state index is 0.244. The number of alkyl halides is 1. The molecule has 0 aliphatic carbocycles. The quantitative estimate of drug-likeness (QED) is 0.675. The van der Waals surface area contributed by atoms with Gasteiger partial charge in [-0.15, -0.1) is 11.6 Å². The van der Waals surface area contributed by atoms with Crippen LogP contribution in [0.3, 0.4) is 0 Å². The Kier molecular flexibility index (Phi) is 4.10. The van der Waals surface area contributed by atoms with Crippen molar-refractivity contribution in [1.29, 1.82) is 0 Å². The molecule has 0 aliphatic rings. The first-order valence-corrected chi connectivity index (χ1v) is 4.97. The van der Waals surface area contributed by atoms with E-state index in [2.05, 4.69) is 19.1 Å². The largest absolute Gasteiger partial charge is 0.497 e. The monoisotopic (exact) mass is 198 g/mol. The number of hydrogen-bond acceptors (Lipinski definition) is 1. The zero-order chi connectivity index (χ0) is 9.68. The summed E-state index contributed by atoms with van der Waals surface area (Å²) >= 11 is 6.04. The van der Waals surface area contributed by atoms with Crippen molar-refractivity contribution in [2.24, 2.45) is 0 Å². The molecule has 72 valence electrons. The average Bonchev–Trinajstić information content (AvgIpc) is 2.19. The molecule has 1 aromatic rings. The maximum absolute atomic E-state index is 6.04. The number of ether oxygens (including phenoxy) is 1. The van der Waals surface area contributed by atoms with Crippen LogP contribution in [0.15, 0.2) is 24.3 Å². The smallest absolute Gasteiger partial charge is 0.118 e. The summed E-state index contributed by atoms with van der Waals surface area (Å²) in [7, 11) is 1.67.